The number of hydrogen-bond acceptors (Lipinski definition) is 4. The van der Waals surface area contributed by atoms with Crippen LogP contribution in [0.2, 0.25) is 0 Å². The SMILES string of the molecule is Cl.Cl.O=C(N[C@H]1COC[C@@H]1N1CCCC1)C1CCNCC1. The maximum absolute atomic E-state index is 12.3. The Morgan fingerprint density at radius 1 is 1.10 bits per heavy atom. The van der Waals surface area contributed by atoms with Crippen molar-refractivity contribution in [1.82, 2.24) is 15.5 Å². The van der Waals surface area contributed by atoms with E-state index in [1.165, 1.54) is 12.8 Å². The van der Waals surface area contributed by atoms with Gasteiger partial charge in [0.2, 0.25) is 5.91 Å². The third-order valence-corrected chi connectivity index (χ3v) is 4.70. The number of likely N-dealkylation sites (tertiary alicyclic amines) is 1. The summed E-state index contributed by atoms with van der Waals surface area (Å²) >= 11 is 0. The molecule has 1 amide bonds. The molecule has 3 aliphatic heterocycles. The standard InChI is InChI=1S/C14H25N3O2.2ClH/c18-14(11-3-5-15-6-4-11)16-12-9-19-10-13(12)17-7-1-2-8-17;;/h11-13,15H,1-10H2,(H,16,18);2*1H/t12-,13-;;/m0../s1. The molecule has 0 unspecified atom stereocenters. The predicted molar refractivity (Wildman–Crippen MR) is 87.4 cm³/mol. The number of ether oxygens (including phenoxy) is 1. The van der Waals surface area contributed by atoms with Crippen molar-refractivity contribution >= 4 is 30.7 Å². The summed E-state index contributed by atoms with van der Waals surface area (Å²) in [5, 5.41) is 6.55. The number of nitrogens with one attached hydrogen (secondary N) is 2. The highest BCUT2D eigenvalue weighted by molar-refractivity contribution is 5.85. The summed E-state index contributed by atoms with van der Waals surface area (Å²) in [5.41, 5.74) is 0. The quantitative estimate of drug-likeness (QED) is 0.798. The van der Waals surface area contributed by atoms with Crippen LogP contribution in [-0.2, 0) is 9.53 Å². The first-order chi connectivity index (χ1) is 9.34. The molecule has 0 aromatic carbocycles. The summed E-state index contributed by atoms with van der Waals surface area (Å²) in [4.78, 5) is 14.8. The van der Waals surface area contributed by atoms with E-state index in [0.29, 0.717) is 12.6 Å². The number of amides is 1. The molecule has 0 radical (unpaired) electrons. The maximum Gasteiger partial charge on any atom is 0.223 e. The summed E-state index contributed by atoms with van der Waals surface area (Å²) in [5.74, 6) is 0.433. The van der Waals surface area contributed by atoms with Gasteiger partial charge >= 0.3 is 0 Å². The molecule has 2 atom stereocenters. The van der Waals surface area contributed by atoms with E-state index in [0.717, 1.165) is 45.6 Å². The molecule has 0 spiro atoms. The Kier molecular flexibility index (Phi) is 8.27. The lowest BCUT2D eigenvalue weighted by molar-refractivity contribution is -0.126. The van der Waals surface area contributed by atoms with E-state index in [1.54, 1.807) is 0 Å². The highest BCUT2D eigenvalue weighted by Gasteiger charge is 2.36. The van der Waals surface area contributed by atoms with Gasteiger partial charge in [0, 0.05) is 5.92 Å². The molecule has 3 rings (SSSR count). The van der Waals surface area contributed by atoms with E-state index >= 15 is 0 Å². The fourth-order valence-electron chi connectivity index (χ4n) is 3.50. The number of carbonyl (C=O) groups is 1. The second-order valence-corrected chi connectivity index (χ2v) is 5.99. The number of piperidine rings is 1. The van der Waals surface area contributed by atoms with Crippen LogP contribution >= 0.6 is 24.8 Å². The third-order valence-electron chi connectivity index (χ3n) is 4.70. The zero-order valence-corrected chi connectivity index (χ0v) is 14.0. The van der Waals surface area contributed by atoms with Crippen molar-refractivity contribution in [3.8, 4) is 0 Å². The van der Waals surface area contributed by atoms with E-state index in [-0.39, 0.29) is 42.7 Å². The molecule has 0 bridgehead atoms. The average Bonchev–Trinajstić information content (AvgIpc) is 3.10. The van der Waals surface area contributed by atoms with Crippen molar-refractivity contribution < 1.29 is 9.53 Å². The molecule has 0 aromatic rings. The van der Waals surface area contributed by atoms with Gasteiger partial charge in [0.1, 0.15) is 0 Å². The van der Waals surface area contributed by atoms with Gasteiger partial charge in [0.15, 0.2) is 0 Å². The highest BCUT2D eigenvalue weighted by Crippen LogP contribution is 2.20. The van der Waals surface area contributed by atoms with Crippen molar-refractivity contribution in [1.29, 1.82) is 0 Å². The predicted octanol–water partition coefficient (Wildman–Crippen LogP) is 0.809. The Morgan fingerprint density at radius 3 is 2.43 bits per heavy atom. The molecule has 0 aliphatic carbocycles. The average molecular weight is 340 g/mol. The number of hydrogen-bond donors (Lipinski definition) is 2. The molecular formula is C14H27Cl2N3O2. The zero-order chi connectivity index (χ0) is 13.1. The topological polar surface area (TPSA) is 53.6 Å². The van der Waals surface area contributed by atoms with E-state index in [2.05, 4.69) is 15.5 Å². The van der Waals surface area contributed by atoms with Crippen molar-refractivity contribution in [3.05, 3.63) is 0 Å². The van der Waals surface area contributed by atoms with Gasteiger partial charge in [0.05, 0.1) is 25.3 Å². The minimum Gasteiger partial charge on any atom is -0.378 e. The molecule has 0 aromatic heterocycles. The van der Waals surface area contributed by atoms with Crippen LogP contribution in [0, 0.1) is 5.92 Å². The first-order valence-electron chi connectivity index (χ1n) is 7.67. The molecule has 7 heteroatoms. The molecule has 3 saturated heterocycles. The van der Waals surface area contributed by atoms with Crippen LogP contribution in [0.3, 0.4) is 0 Å². The number of nitrogens with zero attached hydrogens (tertiary/aromatic N) is 1. The first kappa shape index (κ1) is 19.0. The van der Waals surface area contributed by atoms with Gasteiger partial charge in [-0.05, 0) is 51.9 Å². The Labute approximate surface area is 139 Å². The van der Waals surface area contributed by atoms with Crippen LogP contribution in [0.15, 0.2) is 0 Å². The minimum atomic E-state index is 0. The molecule has 124 valence electrons. The summed E-state index contributed by atoms with van der Waals surface area (Å²) in [6.45, 7) is 5.71. The van der Waals surface area contributed by atoms with Gasteiger partial charge in [-0.2, -0.15) is 0 Å². The Bertz CT molecular complexity index is 321. The fourth-order valence-corrected chi connectivity index (χ4v) is 3.50. The zero-order valence-electron chi connectivity index (χ0n) is 12.4. The van der Waals surface area contributed by atoms with Gasteiger partial charge in [-0.1, -0.05) is 0 Å². The molecule has 2 N–H and O–H groups in total. The molecule has 3 heterocycles. The first-order valence-corrected chi connectivity index (χ1v) is 7.67. The normalized spacial score (nSPS) is 30.5. The second kappa shape index (κ2) is 9.16. The molecule has 5 nitrogen and oxygen atoms in total. The Morgan fingerprint density at radius 2 is 1.76 bits per heavy atom. The molecule has 21 heavy (non-hydrogen) atoms. The molecule has 3 fully saturated rings. The van der Waals surface area contributed by atoms with E-state index in [1.807, 2.05) is 0 Å². The van der Waals surface area contributed by atoms with E-state index in [4.69, 9.17) is 4.74 Å². The van der Waals surface area contributed by atoms with Crippen LogP contribution in [-0.4, -0.2) is 62.3 Å². The molecule has 3 aliphatic rings. The number of halogens is 2. The van der Waals surface area contributed by atoms with Gasteiger partial charge in [-0.25, -0.2) is 0 Å². The highest BCUT2D eigenvalue weighted by atomic mass is 35.5. The van der Waals surface area contributed by atoms with Crippen LogP contribution in [0.25, 0.3) is 0 Å². The largest absolute Gasteiger partial charge is 0.378 e. The van der Waals surface area contributed by atoms with Crippen molar-refractivity contribution in [2.75, 3.05) is 39.4 Å². The summed E-state index contributed by atoms with van der Waals surface area (Å²) in [6, 6.07) is 0.591. The van der Waals surface area contributed by atoms with Gasteiger partial charge in [-0.3, -0.25) is 9.69 Å². The van der Waals surface area contributed by atoms with Gasteiger partial charge < -0.3 is 15.4 Å². The molecule has 0 saturated carbocycles. The Hall–Kier alpha value is -0.0700. The van der Waals surface area contributed by atoms with Crippen molar-refractivity contribution in [2.45, 2.75) is 37.8 Å². The number of carbonyl (C=O) groups excluding carboxylic acids is 1. The lowest BCUT2D eigenvalue weighted by Gasteiger charge is -2.30. The van der Waals surface area contributed by atoms with Crippen LogP contribution < -0.4 is 10.6 Å². The van der Waals surface area contributed by atoms with E-state index in [9.17, 15) is 4.79 Å². The summed E-state index contributed by atoms with van der Waals surface area (Å²) < 4.78 is 5.60. The van der Waals surface area contributed by atoms with Gasteiger partial charge in [0.25, 0.3) is 0 Å². The number of rotatable bonds is 3. The Balaban J connectivity index is 0.00000110. The fraction of sp³-hybridized carbons (Fsp3) is 0.929. The van der Waals surface area contributed by atoms with Crippen LogP contribution in [0.1, 0.15) is 25.7 Å². The second-order valence-electron chi connectivity index (χ2n) is 5.99. The summed E-state index contributed by atoms with van der Waals surface area (Å²) in [7, 11) is 0. The monoisotopic (exact) mass is 339 g/mol. The maximum atomic E-state index is 12.3. The molecular weight excluding hydrogens is 313 g/mol. The lowest BCUT2D eigenvalue weighted by atomic mass is 9.96. The third kappa shape index (κ3) is 4.70. The smallest absolute Gasteiger partial charge is 0.223 e. The lowest BCUT2D eigenvalue weighted by Crippen LogP contribution is -2.52. The van der Waals surface area contributed by atoms with Crippen LogP contribution in [0.4, 0.5) is 0 Å². The minimum absolute atomic E-state index is 0. The van der Waals surface area contributed by atoms with Crippen molar-refractivity contribution in [2.24, 2.45) is 5.92 Å². The van der Waals surface area contributed by atoms with Crippen molar-refractivity contribution in [3.63, 3.8) is 0 Å². The van der Waals surface area contributed by atoms with E-state index < -0.39 is 0 Å². The van der Waals surface area contributed by atoms with Crippen LogP contribution in [0.5, 0.6) is 0 Å². The summed E-state index contributed by atoms with van der Waals surface area (Å²) in [6.07, 6.45) is 4.50. The van der Waals surface area contributed by atoms with Gasteiger partial charge in [-0.15, -0.1) is 24.8 Å².